The van der Waals surface area contributed by atoms with Gasteiger partial charge in [0.1, 0.15) is 17.1 Å². The first-order valence-corrected chi connectivity index (χ1v) is 12.1. The van der Waals surface area contributed by atoms with E-state index in [2.05, 4.69) is 6.92 Å². The fourth-order valence-corrected chi connectivity index (χ4v) is 3.90. The van der Waals surface area contributed by atoms with Gasteiger partial charge in [-0.2, -0.15) is 13.2 Å². The average Bonchev–Trinajstić information content (AvgIpc) is 2.77. The second-order valence-corrected chi connectivity index (χ2v) is 9.36. The lowest BCUT2D eigenvalue weighted by Crippen LogP contribution is -2.17. The van der Waals surface area contributed by atoms with Crippen molar-refractivity contribution >= 4 is 16.9 Å². The van der Waals surface area contributed by atoms with Crippen molar-refractivity contribution in [2.24, 2.45) is 5.92 Å². The molecular weight excluding hydrogens is 473 g/mol. The SMILES string of the molecule is CCCCCCc1cc2c(=O)c(Oc3cc(C)cc(C)c3)c(C(F)(F)F)oc2cc1OC(=O)C(C)C. The summed E-state index contributed by atoms with van der Waals surface area (Å²) in [5, 5.41) is -0.0720. The second-order valence-electron chi connectivity index (χ2n) is 9.36. The fourth-order valence-electron chi connectivity index (χ4n) is 3.90. The van der Waals surface area contributed by atoms with Crippen LogP contribution in [0.25, 0.3) is 11.0 Å². The highest BCUT2D eigenvalue weighted by molar-refractivity contribution is 5.83. The molecule has 0 fully saturated rings. The van der Waals surface area contributed by atoms with Crippen LogP contribution in [0.2, 0.25) is 0 Å². The van der Waals surface area contributed by atoms with E-state index < -0.39 is 35.0 Å². The molecule has 1 aromatic heterocycles. The number of esters is 1. The summed E-state index contributed by atoms with van der Waals surface area (Å²) < 4.78 is 58.1. The lowest BCUT2D eigenvalue weighted by Gasteiger charge is -2.16. The van der Waals surface area contributed by atoms with Gasteiger partial charge in [-0.3, -0.25) is 9.59 Å². The van der Waals surface area contributed by atoms with Crippen LogP contribution in [-0.2, 0) is 17.4 Å². The van der Waals surface area contributed by atoms with Gasteiger partial charge in [0.05, 0.1) is 11.3 Å². The van der Waals surface area contributed by atoms with E-state index in [1.807, 2.05) is 6.07 Å². The number of hydrogen-bond acceptors (Lipinski definition) is 5. The van der Waals surface area contributed by atoms with Gasteiger partial charge >= 0.3 is 12.1 Å². The molecule has 36 heavy (non-hydrogen) atoms. The number of carbonyl (C=O) groups excluding carboxylic acids is 1. The van der Waals surface area contributed by atoms with Crippen molar-refractivity contribution in [2.45, 2.75) is 72.9 Å². The van der Waals surface area contributed by atoms with Gasteiger partial charge in [0.25, 0.3) is 5.76 Å². The van der Waals surface area contributed by atoms with Crippen LogP contribution in [0.1, 0.15) is 68.9 Å². The summed E-state index contributed by atoms with van der Waals surface area (Å²) in [6.45, 7) is 8.94. The van der Waals surface area contributed by atoms with Crippen molar-refractivity contribution in [3.05, 3.63) is 63.0 Å². The minimum atomic E-state index is -4.99. The number of alkyl halides is 3. The number of rotatable bonds is 9. The Labute approximate surface area is 208 Å². The lowest BCUT2D eigenvalue weighted by atomic mass is 10.0. The molecule has 5 nitrogen and oxygen atoms in total. The maximum Gasteiger partial charge on any atom is 0.453 e. The molecule has 0 saturated carbocycles. The molecule has 3 rings (SSSR count). The molecule has 3 aromatic rings. The highest BCUT2D eigenvalue weighted by Crippen LogP contribution is 2.39. The third-order valence-electron chi connectivity index (χ3n) is 5.69. The van der Waals surface area contributed by atoms with Gasteiger partial charge in [0.15, 0.2) is 0 Å². The third-order valence-corrected chi connectivity index (χ3v) is 5.69. The molecule has 0 bridgehead atoms. The predicted octanol–water partition coefficient (Wildman–Crippen LogP) is 7.91. The Morgan fingerprint density at radius 3 is 2.25 bits per heavy atom. The number of benzene rings is 2. The Hall–Kier alpha value is -3.29. The molecule has 0 radical (unpaired) electrons. The Bertz CT molecular complexity index is 1290. The molecule has 0 saturated heterocycles. The molecule has 0 N–H and O–H groups in total. The van der Waals surface area contributed by atoms with Crippen molar-refractivity contribution in [3.8, 4) is 17.2 Å². The summed E-state index contributed by atoms with van der Waals surface area (Å²) in [5.41, 5.74) is 0.824. The van der Waals surface area contributed by atoms with Gasteiger partial charge in [0.2, 0.25) is 11.2 Å². The first-order valence-electron chi connectivity index (χ1n) is 12.1. The summed E-state index contributed by atoms with van der Waals surface area (Å²) in [6, 6.07) is 7.58. The van der Waals surface area contributed by atoms with E-state index in [9.17, 15) is 22.8 Å². The van der Waals surface area contributed by atoms with Crippen molar-refractivity contribution in [3.63, 3.8) is 0 Å². The van der Waals surface area contributed by atoms with E-state index in [4.69, 9.17) is 13.9 Å². The monoisotopic (exact) mass is 504 g/mol. The lowest BCUT2D eigenvalue weighted by molar-refractivity contribution is -0.154. The zero-order valence-corrected chi connectivity index (χ0v) is 21.2. The van der Waals surface area contributed by atoms with Crippen molar-refractivity contribution < 1.29 is 31.9 Å². The van der Waals surface area contributed by atoms with E-state index in [0.29, 0.717) is 12.0 Å². The van der Waals surface area contributed by atoms with Gasteiger partial charge in [-0.25, -0.2) is 0 Å². The number of carbonyl (C=O) groups is 1. The number of ether oxygens (including phenoxy) is 2. The standard InChI is InChI=1S/C28H31F3O5/c1-6-7-8-9-10-19-14-21-23(15-22(19)36-27(33)16(2)3)35-26(28(29,30)31)25(24(21)32)34-20-12-17(4)11-18(5)13-20/h11-16H,6-10H2,1-5H3. The fraction of sp³-hybridized carbons (Fsp3) is 0.429. The summed E-state index contributed by atoms with van der Waals surface area (Å²) in [5.74, 6) is -3.25. The van der Waals surface area contributed by atoms with Crippen LogP contribution in [0, 0.1) is 19.8 Å². The molecule has 8 heteroatoms. The quantitative estimate of drug-likeness (QED) is 0.168. The normalized spacial score (nSPS) is 11.8. The highest BCUT2D eigenvalue weighted by atomic mass is 19.4. The minimum Gasteiger partial charge on any atom is -0.449 e. The summed E-state index contributed by atoms with van der Waals surface area (Å²) in [7, 11) is 0. The van der Waals surface area contributed by atoms with Crippen molar-refractivity contribution in [1.29, 1.82) is 0 Å². The summed E-state index contributed by atoms with van der Waals surface area (Å²) in [4.78, 5) is 25.6. The molecule has 2 aromatic carbocycles. The van der Waals surface area contributed by atoms with E-state index in [0.717, 1.165) is 36.8 Å². The average molecular weight is 505 g/mol. The van der Waals surface area contributed by atoms with E-state index in [1.165, 1.54) is 12.1 Å². The number of unbranched alkanes of at least 4 members (excludes halogenated alkanes) is 3. The van der Waals surface area contributed by atoms with Crippen LogP contribution in [-0.4, -0.2) is 5.97 Å². The van der Waals surface area contributed by atoms with Gasteiger partial charge in [0, 0.05) is 6.07 Å². The third kappa shape index (κ3) is 6.47. The van der Waals surface area contributed by atoms with E-state index in [1.54, 1.807) is 39.8 Å². The number of halogens is 3. The Morgan fingerprint density at radius 1 is 1.00 bits per heavy atom. The molecule has 0 aliphatic heterocycles. The van der Waals surface area contributed by atoms with Gasteiger partial charge in [-0.15, -0.1) is 0 Å². The van der Waals surface area contributed by atoms with Gasteiger partial charge in [-0.1, -0.05) is 46.1 Å². The minimum absolute atomic E-state index is 0.0720. The van der Waals surface area contributed by atoms with Crippen LogP contribution in [0.5, 0.6) is 17.2 Å². The Balaban J connectivity index is 2.19. The molecule has 0 spiro atoms. The molecule has 0 unspecified atom stereocenters. The van der Waals surface area contributed by atoms with Gasteiger partial charge < -0.3 is 13.9 Å². The van der Waals surface area contributed by atoms with Crippen molar-refractivity contribution in [1.82, 2.24) is 0 Å². The number of fused-ring (bicyclic) bond motifs is 1. The van der Waals surface area contributed by atoms with Crippen LogP contribution in [0.4, 0.5) is 13.2 Å². The molecule has 0 aliphatic rings. The largest absolute Gasteiger partial charge is 0.453 e. The molecule has 194 valence electrons. The predicted molar refractivity (Wildman–Crippen MR) is 132 cm³/mol. The molecule has 0 amide bonds. The van der Waals surface area contributed by atoms with Crippen LogP contribution in [0.3, 0.4) is 0 Å². The Kier molecular flexibility index (Phi) is 8.48. The zero-order valence-electron chi connectivity index (χ0n) is 21.2. The highest BCUT2D eigenvalue weighted by Gasteiger charge is 2.40. The van der Waals surface area contributed by atoms with Crippen LogP contribution >= 0.6 is 0 Å². The van der Waals surface area contributed by atoms with Crippen LogP contribution < -0.4 is 14.9 Å². The molecule has 0 aliphatic carbocycles. The molecular formula is C28H31F3O5. The van der Waals surface area contributed by atoms with Gasteiger partial charge in [-0.05, 0) is 61.6 Å². The topological polar surface area (TPSA) is 65.7 Å². The number of aryl methyl sites for hydroxylation is 3. The first-order chi connectivity index (χ1) is 16.9. The molecule has 0 atom stereocenters. The smallest absolute Gasteiger partial charge is 0.449 e. The molecule has 1 heterocycles. The van der Waals surface area contributed by atoms with Crippen molar-refractivity contribution in [2.75, 3.05) is 0 Å². The summed E-state index contributed by atoms with van der Waals surface area (Å²) in [6.07, 6.45) is -0.771. The van der Waals surface area contributed by atoms with E-state index in [-0.39, 0.29) is 22.5 Å². The zero-order chi connectivity index (χ0) is 26.6. The second kappa shape index (κ2) is 11.2. The maximum atomic E-state index is 14.0. The summed E-state index contributed by atoms with van der Waals surface area (Å²) >= 11 is 0. The van der Waals surface area contributed by atoms with Crippen LogP contribution in [0.15, 0.2) is 39.5 Å². The Morgan fingerprint density at radius 2 is 1.67 bits per heavy atom. The maximum absolute atomic E-state index is 14.0. The number of hydrogen-bond donors (Lipinski definition) is 0. The van der Waals surface area contributed by atoms with E-state index >= 15 is 0 Å². The first kappa shape index (κ1) is 27.3.